The van der Waals surface area contributed by atoms with Crippen molar-refractivity contribution in [2.24, 2.45) is 0 Å². The molecule has 3 aromatic carbocycles. The fourth-order valence-corrected chi connectivity index (χ4v) is 4.63. The van der Waals surface area contributed by atoms with E-state index >= 15 is 0 Å². The van der Waals surface area contributed by atoms with Gasteiger partial charge in [-0.25, -0.2) is 4.39 Å². The first-order valence-corrected chi connectivity index (χ1v) is 10.0. The van der Waals surface area contributed by atoms with E-state index in [1.807, 2.05) is 6.07 Å². The van der Waals surface area contributed by atoms with Gasteiger partial charge in [-0.15, -0.1) is 0 Å². The Morgan fingerprint density at radius 3 is 2.14 bits per heavy atom. The minimum Gasteiger partial charge on any atom is -0.338 e. The summed E-state index contributed by atoms with van der Waals surface area (Å²) in [5, 5.41) is 0. The molecule has 0 amide bonds. The third-order valence-corrected chi connectivity index (χ3v) is 6.11. The number of rotatable bonds is 3. The lowest BCUT2D eigenvalue weighted by atomic mass is 9.82. The Morgan fingerprint density at radius 2 is 1.46 bits per heavy atom. The quantitative estimate of drug-likeness (QED) is 0.466. The van der Waals surface area contributed by atoms with Gasteiger partial charge >= 0.3 is 0 Å². The molecule has 0 saturated carbocycles. The Bertz CT molecular complexity index is 1060. The van der Waals surface area contributed by atoms with Gasteiger partial charge in [0, 0.05) is 22.8 Å². The molecule has 0 atom stereocenters. The summed E-state index contributed by atoms with van der Waals surface area (Å²) in [6.07, 6.45) is 0. The molecule has 1 aliphatic carbocycles. The molecule has 1 aliphatic rings. The van der Waals surface area contributed by atoms with Gasteiger partial charge in [0.05, 0.1) is 0 Å². The van der Waals surface area contributed by atoms with Gasteiger partial charge in [0.1, 0.15) is 5.82 Å². The highest BCUT2D eigenvalue weighted by Crippen LogP contribution is 2.51. The van der Waals surface area contributed by atoms with E-state index in [1.54, 1.807) is 12.1 Å². The maximum Gasteiger partial charge on any atom is 0.123 e. The van der Waals surface area contributed by atoms with E-state index in [-0.39, 0.29) is 11.2 Å². The standard InChI is InChI=1S/C26H28FN/c1-16(2)28(24-10-8-7-9-17(24)3)25-15-21-20-12-11-19(27)14-23(20)26(5,6)22(21)13-18(25)4/h7-16H,1-6H3. The lowest BCUT2D eigenvalue weighted by Crippen LogP contribution is -2.27. The summed E-state index contributed by atoms with van der Waals surface area (Å²) in [5.74, 6) is -0.166. The summed E-state index contributed by atoms with van der Waals surface area (Å²) in [7, 11) is 0. The zero-order chi connectivity index (χ0) is 20.2. The molecule has 0 N–H and O–H groups in total. The second-order valence-electron chi connectivity index (χ2n) is 8.75. The molecule has 0 saturated heterocycles. The molecule has 2 heteroatoms. The number of hydrogen-bond acceptors (Lipinski definition) is 1. The zero-order valence-corrected chi connectivity index (χ0v) is 17.6. The summed E-state index contributed by atoms with van der Waals surface area (Å²) in [6.45, 7) is 13.2. The summed E-state index contributed by atoms with van der Waals surface area (Å²) in [5.41, 5.74) is 9.50. The van der Waals surface area contributed by atoms with Crippen LogP contribution in [0, 0.1) is 19.7 Å². The summed E-state index contributed by atoms with van der Waals surface area (Å²) in [4.78, 5) is 2.42. The highest BCUT2D eigenvalue weighted by Gasteiger charge is 2.36. The number of halogens is 1. The van der Waals surface area contributed by atoms with E-state index in [4.69, 9.17) is 0 Å². The van der Waals surface area contributed by atoms with Crippen LogP contribution in [0.1, 0.15) is 49.9 Å². The minimum atomic E-state index is -0.193. The Labute approximate surface area is 167 Å². The fraction of sp³-hybridized carbons (Fsp3) is 0.308. The van der Waals surface area contributed by atoms with E-state index in [9.17, 15) is 4.39 Å². The van der Waals surface area contributed by atoms with Gasteiger partial charge in [-0.2, -0.15) is 0 Å². The average molecular weight is 374 g/mol. The largest absolute Gasteiger partial charge is 0.338 e. The van der Waals surface area contributed by atoms with Gasteiger partial charge in [0.2, 0.25) is 0 Å². The molecule has 4 rings (SSSR count). The SMILES string of the molecule is Cc1ccccc1N(c1cc2c(cc1C)C(C)(C)c1cc(F)ccc1-2)C(C)C. The first-order valence-electron chi connectivity index (χ1n) is 10.0. The van der Waals surface area contributed by atoms with Crippen molar-refractivity contribution >= 4 is 11.4 Å². The van der Waals surface area contributed by atoms with Crippen LogP contribution < -0.4 is 4.90 Å². The van der Waals surface area contributed by atoms with Gasteiger partial charge in [0.25, 0.3) is 0 Å². The van der Waals surface area contributed by atoms with Crippen molar-refractivity contribution < 1.29 is 4.39 Å². The zero-order valence-electron chi connectivity index (χ0n) is 17.6. The first kappa shape index (κ1) is 18.7. The van der Waals surface area contributed by atoms with Gasteiger partial charge in [-0.3, -0.25) is 0 Å². The molecule has 144 valence electrons. The molecule has 0 spiro atoms. The second-order valence-corrected chi connectivity index (χ2v) is 8.75. The van der Waals surface area contributed by atoms with Crippen LogP contribution in [0.5, 0.6) is 0 Å². The van der Waals surface area contributed by atoms with Crippen LogP contribution in [0.15, 0.2) is 54.6 Å². The number of benzene rings is 3. The second kappa shape index (κ2) is 6.48. The third kappa shape index (κ3) is 2.74. The van der Waals surface area contributed by atoms with Crippen molar-refractivity contribution in [3.8, 4) is 11.1 Å². The molecule has 0 radical (unpaired) electrons. The minimum absolute atomic E-state index is 0.166. The lowest BCUT2D eigenvalue weighted by molar-refractivity contribution is 0.609. The Morgan fingerprint density at radius 1 is 0.786 bits per heavy atom. The van der Waals surface area contributed by atoms with Crippen molar-refractivity contribution in [2.45, 2.75) is 53.0 Å². The van der Waals surface area contributed by atoms with Crippen molar-refractivity contribution in [1.82, 2.24) is 0 Å². The molecule has 0 aromatic heterocycles. The maximum atomic E-state index is 14.0. The molecule has 1 nitrogen and oxygen atoms in total. The molecule has 0 fully saturated rings. The van der Waals surface area contributed by atoms with E-state index in [0.29, 0.717) is 6.04 Å². The van der Waals surface area contributed by atoms with Crippen LogP contribution in [-0.2, 0) is 5.41 Å². The van der Waals surface area contributed by atoms with E-state index in [0.717, 1.165) is 11.1 Å². The van der Waals surface area contributed by atoms with Crippen LogP contribution in [0.25, 0.3) is 11.1 Å². The maximum absolute atomic E-state index is 14.0. The summed E-state index contributed by atoms with van der Waals surface area (Å²) < 4.78 is 14.0. The normalized spacial score (nSPS) is 14.1. The fourth-order valence-electron chi connectivity index (χ4n) is 4.63. The molecule has 3 aromatic rings. The van der Waals surface area contributed by atoms with E-state index < -0.39 is 0 Å². The van der Waals surface area contributed by atoms with Crippen LogP contribution >= 0.6 is 0 Å². The summed E-state index contributed by atoms with van der Waals surface area (Å²) in [6, 6.07) is 18.7. The smallest absolute Gasteiger partial charge is 0.123 e. The van der Waals surface area contributed by atoms with Crippen LogP contribution in [-0.4, -0.2) is 6.04 Å². The van der Waals surface area contributed by atoms with Gasteiger partial charge in [0.15, 0.2) is 0 Å². The summed E-state index contributed by atoms with van der Waals surface area (Å²) >= 11 is 0. The van der Waals surface area contributed by atoms with Gasteiger partial charge in [-0.1, -0.05) is 44.2 Å². The van der Waals surface area contributed by atoms with E-state index in [2.05, 4.69) is 82.8 Å². The predicted octanol–water partition coefficient (Wildman–Crippen LogP) is 7.30. The Balaban J connectivity index is 1.96. The number of hydrogen-bond donors (Lipinski definition) is 0. The average Bonchev–Trinajstić information content (AvgIpc) is 2.84. The Kier molecular flexibility index (Phi) is 4.33. The Hall–Kier alpha value is -2.61. The lowest BCUT2D eigenvalue weighted by Gasteiger charge is -2.33. The molecule has 0 heterocycles. The number of anilines is 2. The van der Waals surface area contributed by atoms with Crippen LogP contribution in [0.2, 0.25) is 0 Å². The van der Waals surface area contributed by atoms with Crippen LogP contribution in [0.3, 0.4) is 0 Å². The highest BCUT2D eigenvalue weighted by atomic mass is 19.1. The van der Waals surface area contributed by atoms with Crippen molar-refractivity contribution in [2.75, 3.05) is 4.90 Å². The van der Waals surface area contributed by atoms with E-state index in [1.165, 1.54) is 33.6 Å². The number of nitrogens with zero attached hydrogens (tertiary/aromatic N) is 1. The number of para-hydroxylation sites is 1. The van der Waals surface area contributed by atoms with Gasteiger partial charge < -0.3 is 4.90 Å². The predicted molar refractivity (Wildman–Crippen MR) is 117 cm³/mol. The molecule has 0 unspecified atom stereocenters. The number of aryl methyl sites for hydroxylation is 2. The number of fused-ring (bicyclic) bond motifs is 3. The first-order chi connectivity index (χ1) is 13.2. The molecular weight excluding hydrogens is 345 g/mol. The molecule has 0 aliphatic heterocycles. The highest BCUT2D eigenvalue weighted by molar-refractivity contribution is 5.85. The third-order valence-electron chi connectivity index (χ3n) is 6.11. The van der Waals surface area contributed by atoms with Crippen molar-refractivity contribution in [1.29, 1.82) is 0 Å². The van der Waals surface area contributed by atoms with Crippen molar-refractivity contribution in [3.63, 3.8) is 0 Å². The van der Waals surface area contributed by atoms with Crippen molar-refractivity contribution in [3.05, 3.63) is 82.7 Å². The topological polar surface area (TPSA) is 3.24 Å². The molecule has 28 heavy (non-hydrogen) atoms. The molecule has 0 bridgehead atoms. The monoisotopic (exact) mass is 373 g/mol. The van der Waals surface area contributed by atoms with Crippen LogP contribution in [0.4, 0.5) is 15.8 Å². The molecular formula is C26H28FN. The van der Waals surface area contributed by atoms with Gasteiger partial charge in [-0.05, 0) is 85.3 Å².